The van der Waals surface area contributed by atoms with Gasteiger partial charge in [0.05, 0.1) is 0 Å². The lowest BCUT2D eigenvalue weighted by molar-refractivity contribution is 0.480. The molecule has 9 rings (SSSR count). The van der Waals surface area contributed by atoms with Crippen molar-refractivity contribution in [3.63, 3.8) is 0 Å². The Labute approximate surface area is 188 Å². The van der Waals surface area contributed by atoms with E-state index < -0.39 is 7.72 Å². The number of hydrogen-bond acceptors (Lipinski definition) is 2. The SMILES string of the molecule is O[P+]1(O)c2cc3cccc4ccc5cc6cc7ccc8cccc9cc1c(c6c2c5c43)c7c89. The summed E-state index contributed by atoms with van der Waals surface area (Å²) in [6, 6.07) is 29.9. The lowest BCUT2D eigenvalue weighted by atomic mass is 9.86. The Hall–Kier alpha value is -3.55. The number of rotatable bonds is 0. The highest BCUT2D eigenvalue weighted by Gasteiger charge is 2.48. The molecule has 0 saturated heterocycles. The zero-order chi connectivity index (χ0) is 21.6. The first-order valence-electron chi connectivity index (χ1n) is 11.2. The summed E-state index contributed by atoms with van der Waals surface area (Å²) in [4.78, 5) is 23.8. The molecule has 0 fully saturated rings. The molecule has 0 aliphatic carbocycles. The molecule has 0 atom stereocenters. The Morgan fingerprint density at radius 3 is 1.27 bits per heavy atom. The van der Waals surface area contributed by atoms with E-state index in [0.717, 1.165) is 53.9 Å². The summed E-state index contributed by atoms with van der Waals surface area (Å²) in [7, 11) is -3.56. The maximum atomic E-state index is 11.9. The maximum Gasteiger partial charge on any atom is 0.334 e. The summed E-state index contributed by atoms with van der Waals surface area (Å²) in [5.74, 6) is 0. The van der Waals surface area contributed by atoms with Gasteiger partial charge in [-0.3, -0.25) is 0 Å². The Morgan fingerprint density at radius 1 is 0.364 bits per heavy atom. The maximum absolute atomic E-state index is 11.9. The Morgan fingerprint density at radius 2 is 0.758 bits per heavy atom. The fourth-order valence-electron chi connectivity index (χ4n) is 6.62. The molecule has 0 radical (unpaired) electrons. The summed E-state index contributed by atoms with van der Waals surface area (Å²) in [6.45, 7) is 0. The van der Waals surface area contributed by atoms with Gasteiger partial charge in [0.15, 0.2) is 10.6 Å². The number of hydrogen-bond donors (Lipinski definition) is 2. The van der Waals surface area contributed by atoms with Crippen molar-refractivity contribution in [3.8, 4) is 0 Å². The van der Waals surface area contributed by atoms with Gasteiger partial charge in [-0.05, 0) is 72.7 Å². The summed E-state index contributed by atoms with van der Waals surface area (Å²) < 4.78 is 0. The van der Waals surface area contributed by atoms with E-state index in [1.807, 2.05) is 12.1 Å². The van der Waals surface area contributed by atoms with E-state index in [1.165, 1.54) is 21.5 Å². The van der Waals surface area contributed by atoms with Crippen LogP contribution in [0, 0.1) is 0 Å². The van der Waals surface area contributed by atoms with Gasteiger partial charge in [0, 0.05) is 26.9 Å². The van der Waals surface area contributed by atoms with Crippen LogP contribution in [0.5, 0.6) is 0 Å². The molecular formula is C30H16O2P+. The second kappa shape index (κ2) is 5.16. The first-order chi connectivity index (χ1) is 16.1. The third-order valence-electron chi connectivity index (χ3n) is 7.90. The summed E-state index contributed by atoms with van der Waals surface area (Å²) >= 11 is 0. The molecular weight excluding hydrogens is 423 g/mol. The molecule has 0 spiro atoms. The van der Waals surface area contributed by atoms with Gasteiger partial charge >= 0.3 is 7.72 Å². The third-order valence-corrected chi connectivity index (χ3v) is 9.95. The molecule has 152 valence electrons. The van der Waals surface area contributed by atoms with Gasteiger partial charge in [-0.15, -0.1) is 0 Å². The zero-order valence-corrected chi connectivity index (χ0v) is 18.3. The van der Waals surface area contributed by atoms with Gasteiger partial charge in [0.25, 0.3) is 0 Å². The quantitative estimate of drug-likeness (QED) is 0.156. The minimum absolute atomic E-state index is 0.689. The molecule has 0 aromatic heterocycles. The molecule has 1 aliphatic rings. The molecule has 8 aromatic rings. The van der Waals surface area contributed by atoms with Crippen LogP contribution in [0.15, 0.2) is 84.9 Å². The highest BCUT2D eigenvalue weighted by atomic mass is 31.2. The van der Waals surface area contributed by atoms with Crippen LogP contribution >= 0.6 is 7.72 Å². The van der Waals surface area contributed by atoms with Crippen LogP contribution in [0.3, 0.4) is 0 Å². The van der Waals surface area contributed by atoms with Gasteiger partial charge in [0.2, 0.25) is 0 Å². The first kappa shape index (κ1) is 17.0. The summed E-state index contributed by atoms with van der Waals surface area (Å²) in [5.41, 5.74) is 0. The van der Waals surface area contributed by atoms with Crippen molar-refractivity contribution in [1.29, 1.82) is 0 Å². The van der Waals surface area contributed by atoms with Gasteiger partial charge in [-0.1, -0.05) is 60.7 Å². The average molecular weight is 439 g/mol. The minimum atomic E-state index is -3.56. The van der Waals surface area contributed by atoms with Gasteiger partial charge in [-0.25, -0.2) is 9.79 Å². The highest BCUT2D eigenvalue weighted by Crippen LogP contribution is 2.58. The van der Waals surface area contributed by atoms with E-state index in [4.69, 9.17) is 0 Å². The molecule has 0 bridgehead atoms. The van der Waals surface area contributed by atoms with Gasteiger partial charge < -0.3 is 0 Å². The standard InChI is InChI=1S/C30H16O2P/c31-33(32)22-13-17-5-1-3-15-7-9-19-11-21-12-20-10-8-16-4-2-6-18-14-23(33)30(27(20)25(16)18)28(21)29(22)26(19)24(15)17/h1-14,31-32H/q+1. The van der Waals surface area contributed by atoms with Gasteiger partial charge in [-0.2, -0.15) is 0 Å². The smallest absolute Gasteiger partial charge is 0.210 e. The van der Waals surface area contributed by atoms with Crippen molar-refractivity contribution in [1.82, 2.24) is 0 Å². The van der Waals surface area contributed by atoms with Crippen LogP contribution < -0.4 is 10.6 Å². The lowest BCUT2D eigenvalue weighted by Crippen LogP contribution is -2.26. The predicted octanol–water partition coefficient (Wildman–Crippen LogP) is 6.73. The topological polar surface area (TPSA) is 40.5 Å². The van der Waals surface area contributed by atoms with E-state index in [0.29, 0.717) is 10.6 Å². The van der Waals surface area contributed by atoms with Crippen molar-refractivity contribution in [3.05, 3.63) is 84.9 Å². The van der Waals surface area contributed by atoms with Crippen LogP contribution in [0.25, 0.3) is 75.4 Å². The fraction of sp³-hybridized carbons (Fsp3) is 0. The predicted molar refractivity (Wildman–Crippen MR) is 142 cm³/mol. The van der Waals surface area contributed by atoms with Crippen LogP contribution in [0.2, 0.25) is 0 Å². The average Bonchev–Trinajstić information content (AvgIpc) is 2.83. The van der Waals surface area contributed by atoms with Crippen molar-refractivity contribution in [2.75, 3.05) is 0 Å². The fourth-order valence-corrected chi connectivity index (χ4v) is 8.59. The molecule has 33 heavy (non-hydrogen) atoms. The summed E-state index contributed by atoms with van der Waals surface area (Å²) in [5, 5.41) is 17.3. The lowest BCUT2D eigenvalue weighted by Gasteiger charge is -2.26. The van der Waals surface area contributed by atoms with Crippen LogP contribution in [-0.2, 0) is 0 Å². The van der Waals surface area contributed by atoms with E-state index in [1.54, 1.807) is 0 Å². The highest BCUT2D eigenvalue weighted by molar-refractivity contribution is 7.80. The van der Waals surface area contributed by atoms with Gasteiger partial charge in [0.1, 0.15) is 0 Å². The monoisotopic (exact) mass is 439 g/mol. The molecule has 2 nitrogen and oxygen atoms in total. The second-order valence-corrected chi connectivity index (χ2v) is 11.6. The molecule has 1 aliphatic heterocycles. The molecule has 0 unspecified atom stereocenters. The largest absolute Gasteiger partial charge is 0.334 e. The third kappa shape index (κ3) is 1.76. The second-order valence-electron chi connectivity index (χ2n) is 9.48. The van der Waals surface area contributed by atoms with E-state index in [9.17, 15) is 9.79 Å². The molecule has 3 heteroatoms. The normalized spacial score (nSPS) is 15.2. The van der Waals surface area contributed by atoms with E-state index in [-0.39, 0.29) is 0 Å². The molecule has 0 amide bonds. The number of benzene rings is 8. The van der Waals surface area contributed by atoms with Crippen molar-refractivity contribution < 1.29 is 9.79 Å². The summed E-state index contributed by atoms with van der Waals surface area (Å²) in [6.07, 6.45) is 0. The van der Waals surface area contributed by atoms with Crippen molar-refractivity contribution >= 4 is 93.7 Å². The Kier molecular flexibility index (Phi) is 2.66. The zero-order valence-electron chi connectivity index (χ0n) is 17.4. The molecule has 8 aromatic carbocycles. The van der Waals surface area contributed by atoms with Crippen molar-refractivity contribution in [2.24, 2.45) is 0 Å². The molecule has 1 heterocycles. The molecule has 0 saturated carbocycles. The first-order valence-corrected chi connectivity index (χ1v) is 12.9. The van der Waals surface area contributed by atoms with E-state index >= 15 is 0 Å². The molecule has 2 N–H and O–H groups in total. The Balaban J connectivity index is 1.74. The van der Waals surface area contributed by atoms with Crippen LogP contribution in [-0.4, -0.2) is 9.79 Å². The van der Waals surface area contributed by atoms with Crippen LogP contribution in [0.4, 0.5) is 0 Å². The Bertz CT molecular complexity index is 2010. The minimum Gasteiger partial charge on any atom is -0.210 e. The van der Waals surface area contributed by atoms with E-state index in [2.05, 4.69) is 72.8 Å². The van der Waals surface area contributed by atoms with Crippen LogP contribution in [0.1, 0.15) is 0 Å². The van der Waals surface area contributed by atoms with Crippen molar-refractivity contribution in [2.45, 2.75) is 0 Å².